The minimum atomic E-state index is -0.203. The van der Waals surface area contributed by atoms with Crippen LogP contribution in [-0.2, 0) is 23.1 Å². The van der Waals surface area contributed by atoms with Gasteiger partial charge in [-0.1, -0.05) is 30.3 Å². The van der Waals surface area contributed by atoms with Gasteiger partial charge in [-0.3, -0.25) is 14.3 Å². The molecule has 2 saturated heterocycles. The van der Waals surface area contributed by atoms with Crippen LogP contribution < -0.4 is 5.32 Å². The molecule has 7 heteroatoms. The molecular weight excluding hydrogens is 380 g/mol. The van der Waals surface area contributed by atoms with Gasteiger partial charge in [-0.15, -0.1) is 0 Å². The molecule has 2 aliphatic heterocycles. The lowest BCUT2D eigenvalue weighted by atomic mass is 9.78. The van der Waals surface area contributed by atoms with Crippen molar-refractivity contribution in [1.82, 2.24) is 20.0 Å². The Morgan fingerprint density at radius 3 is 2.67 bits per heavy atom. The maximum absolute atomic E-state index is 12.7. The second-order valence-electron chi connectivity index (χ2n) is 8.49. The summed E-state index contributed by atoms with van der Waals surface area (Å²) in [6.07, 6.45) is 5.63. The summed E-state index contributed by atoms with van der Waals surface area (Å²) in [6, 6.07) is 11.7. The smallest absolute Gasteiger partial charge is 0.272 e. The van der Waals surface area contributed by atoms with E-state index in [4.69, 9.17) is 4.74 Å². The minimum absolute atomic E-state index is 0.0255. The number of piperidine rings is 1. The van der Waals surface area contributed by atoms with E-state index < -0.39 is 0 Å². The third kappa shape index (κ3) is 4.73. The van der Waals surface area contributed by atoms with Gasteiger partial charge in [-0.05, 0) is 43.2 Å². The van der Waals surface area contributed by atoms with Gasteiger partial charge in [-0.25, -0.2) is 0 Å². The molecule has 3 heterocycles. The van der Waals surface area contributed by atoms with Gasteiger partial charge in [0.2, 0.25) is 5.91 Å². The van der Waals surface area contributed by atoms with Crippen LogP contribution in [0.1, 0.15) is 48.2 Å². The van der Waals surface area contributed by atoms with Crippen molar-refractivity contribution >= 4 is 11.8 Å². The summed E-state index contributed by atoms with van der Waals surface area (Å²) in [5, 5.41) is 7.13. The molecule has 1 aromatic heterocycles. The SMILES string of the molecule is Cn1nccc1C(=O)N1CCC2(CC1)CC(CC(=O)NCc1ccccc1)CCO2. The van der Waals surface area contributed by atoms with E-state index in [1.807, 2.05) is 35.2 Å². The van der Waals surface area contributed by atoms with E-state index in [0.717, 1.165) is 31.2 Å². The normalized spacial score (nSPS) is 20.8. The number of aromatic nitrogens is 2. The van der Waals surface area contributed by atoms with Gasteiger partial charge in [0.05, 0.1) is 5.60 Å². The first kappa shape index (κ1) is 20.6. The molecule has 1 aromatic carbocycles. The molecule has 4 rings (SSSR count). The third-order valence-corrected chi connectivity index (χ3v) is 6.40. The lowest BCUT2D eigenvalue weighted by Crippen LogP contribution is -2.51. The maximum Gasteiger partial charge on any atom is 0.272 e. The van der Waals surface area contributed by atoms with Crippen LogP contribution in [0, 0.1) is 5.92 Å². The molecule has 0 saturated carbocycles. The number of hydrogen-bond acceptors (Lipinski definition) is 4. The molecule has 2 aromatic rings. The first-order chi connectivity index (χ1) is 14.5. The molecule has 0 radical (unpaired) electrons. The highest BCUT2D eigenvalue weighted by Gasteiger charge is 2.41. The number of aryl methyl sites for hydroxylation is 1. The molecule has 2 amide bonds. The average Bonchev–Trinajstić information content (AvgIpc) is 3.19. The van der Waals surface area contributed by atoms with Gasteiger partial charge in [0.1, 0.15) is 5.69 Å². The summed E-state index contributed by atoms with van der Waals surface area (Å²) < 4.78 is 7.82. The van der Waals surface area contributed by atoms with Gasteiger partial charge >= 0.3 is 0 Å². The Morgan fingerprint density at radius 1 is 1.20 bits per heavy atom. The lowest BCUT2D eigenvalue weighted by molar-refractivity contribution is -0.134. The Bertz CT molecular complexity index is 872. The highest BCUT2D eigenvalue weighted by molar-refractivity contribution is 5.92. The van der Waals surface area contributed by atoms with Gasteiger partial charge in [-0.2, -0.15) is 5.10 Å². The fraction of sp³-hybridized carbons (Fsp3) is 0.522. The van der Waals surface area contributed by atoms with Crippen LogP contribution in [0.5, 0.6) is 0 Å². The molecule has 7 nitrogen and oxygen atoms in total. The third-order valence-electron chi connectivity index (χ3n) is 6.40. The van der Waals surface area contributed by atoms with Crippen molar-refractivity contribution in [3.8, 4) is 0 Å². The molecule has 0 bridgehead atoms. The van der Waals surface area contributed by atoms with Crippen LogP contribution >= 0.6 is 0 Å². The second-order valence-corrected chi connectivity index (χ2v) is 8.49. The first-order valence-corrected chi connectivity index (χ1v) is 10.8. The van der Waals surface area contributed by atoms with E-state index in [1.54, 1.807) is 24.0 Å². The van der Waals surface area contributed by atoms with E-state index in [9.17, 15) is 9.59 Å². The number of ether oxygens (including phenoxy) is 1. The van der Waals surface area contributed by atoms with Crippen LogP contribution in [0.3, 0.4) is 0 Å². The Kier molecular flexibility index (Phi) is 6.18. The zero-order valence-corrected chi connectivity index (χ0v) is 17.5. The zero-order valence-electron chi connectivity index (χ0n) is 17.5. The van der Waals surface area contributed by atoms with E-state index in [-0.39, 0.29) is 17.4 Å². The van der Waals surface area contributed by atoms with Crippen molar-refractivity contribution in [3.63, 3.8) is 0 Å². The van der Waals surface area contributed by atoms with Crippen LogP contribution in [0.2, 0.25) is 0 Å². The number of carbonyl (C=O) groups excluding carboxylic acids is 2. The molecule has 160 valence electrons. The number of rotatable bonds is 5. The molecule has 1 atom stereocenters. The number of amides is 2. The van der Waals surface area contributed by atoms with E-state index in [0.29, 0.717) is 44.3 Å². The molecule has 30 heavy (non-hydrogen) atoms. The standard InChI is InChI=1S/C23H30N4O3/c1-26-20(7-11-25-26)22(29)27-12-9-23(10-13-27)16-19(8-14-30-23)15-21(28)24-17-18-5-3-2-4-6-18/h2-7,11,19H,8-10,12-17H2,1H3,(H,24,28). The quantitative estimate of drug-likeness (QED) is 0.822. The van der Waals surface area contributed by atoms with Gasteiger partial charge in [0.25, 0.3) is 5.91 Å². The highest BCUT2D eigenvalue weighted by Crippen LogP contribution is 2.39. The Hall–Kier alpha value is -2.67. The van der Waals surface area contributed by atoms with Crippen molar-refractivity contribution < 1.29 is 14.3 Å². The summed E-state index contributed by atoms with van der Waals surface area (Å²) in [7, 11) is 1.79. The number of hydrogen-bond donors (Lipinski definition) is 1. The topological polar surface area (TPSA) is 76.5 Å². The van der Waals surface area contributed by atoms with Crippen LogP contribution in [0.25, 0.3) is 0 Å². The van der Waals surface area contributed by atoms with Crippen molar-refractivity contribution in [3.05, 3.63) is 53.9 Å². The van der Waals surface area contributed by atoms with E-state index in [2.05, 4.69) is 10.4 Å². The molecule has 1 N–H and O–H groups in total. The maximum atomic E-state index is 12.7. The second kappa shape index (κ2) is 9.00. The molecule has 1 spiro atoms. The Balaban J connectivity index is 1.27. The van der Waals surface area contributed by atoms with Gasteiger partial charge in [0, 0.05) is 45.9 Å². The van der Waals surface area contributed by atoms with Crippen LogP contribution in [0.4, 0.5) is 0 Å². The number of benzene rings is 1. The lowest BCUT2D eigenvalue weighted by Gasteiger charge is -2.46. The summed E-state index contributed by atoms with van der Waals surface area (Å²) in [6.45, 7) is 2.61. The Labute approximate surface area is 177 Å². The summed E-state index contributed by atoms with van der Waals surface area (Å²) in [4.78, 5) is 27.1. The fourth-order valence-electron chi connectivity index (χ4n) is 4.65. The fourth-order valence-corrected chi connectivity index (χ4v) is 4.65. The average molecular weight is 411 g/mol. The Morgan fingerprint density at radius 2 is 1.97 bits per heavy atom. The van der Waals surface area contributed by atoms with Crippen molar-refractivity contribution in [2.45, 2.75) is 44.2 Å². The predicted octanol–water partition coefficient (Wildman–Crippen LogP) is 2.53. The highest BCUT2D eigenvalue weighted by atomic mass is 16.5. The van der Waals surface area contributed by atoms with Crippen LogP contribution in [0.15, 0.2) is 42.6 Å². The van der Waals surface area contributed by atoms with Crippen molar-refractivity contribution in [2.24, 2.45) is 13.0 Å². The van der Waals surface area contributed by atoms with E-state index in [1.165, 1.54) is 0 Å². The summed E-state index contributed by atoms with van der Waals surface area (Å²) in [5.41, 5.74) is 1.52. The molecular formula is C23H30N4O3. The zero-order chi connectivity index (χ0) is 21.0. The van der Waals surface area contributed by atoms with Crippen molar-refractivity contribution in [1.29, 1.82) is 0 Å². The number of nitrogens with one attached hydrogen (secondary N) is 1. The van der Waals surface area contributed by atoms with Gasteiger partial charge in [0.15, 0.2) is 0 Å². The number of likely N-dealkylation sites (tertiary alicyclic amines) is 1. The summed E-state index contributed by atoms with van der Waals surface area (Å²) >= 11 is 0. The monoisotopic (exact) mass is 410 g/mol. The van der Waals surface area contributed by atoms with E-state index >= 15 is 0 Å². The van der Waals surface area contributed by atoms with Gasteiger partial charge < -0.3 is 15.0 Å². The molecule has 2 fully saturated rings. The first-order valence-electron chi connectivity index (χ1n) is 10.8. The largest absolute Gasteiger partial charge is 0.375 e. The minimum Gasteiger partial charge on any atom is -0.375 e. The molecule has 0 aliphatic carbocycles. The predicted molar refractivity (Wildman–Crippen MR) is 113 cm³/mol. The van der Waals surface area contributed by atoms with Crippen molar-refractivity contribution in [2.75, 3.05) is 19.7 Å². The number of nitrogens with zero attached hydrogens (tertiary/aromatic N) is 3. The number of carbonyl (C=O) groups is 2. The summed E-state index contributed by atoms with van der Waals surface area (Å²) in [5.74, 6) is 0.455. The van der Waals surface area contributed by atoms with Crippen LogP contribution in [-0.4, -0.2) is 51.8 Å². The molecule has 2 aliphatic rings. The molecule has 1 unspecified atom stereocenters.